The molecule has 0 spiro atoms. The standard InChI is InChI=1S/C17H25FN2O/c1-2-21-17-8-11-19(12-9-17)16-7-10-20(13-16)15-5-3-14(18)4-6-15/h3-6,16-17H,2,7-13H2,1H3. The minimum atomic E-state index is -0.160. The molecule has 3 rings (SSSR count). The Morgan fingerprint density at radius 1 is 1.10 bits per heavy atom. The average molecular weight is 292 g/mol. The molecular weight excluding hydrogens is 267 g/mol. The summed E-state index contributed by atoms with van der Waals surface area (Å²) >= 11 is 0. The van der Waals surface area contributed by atoms with Crippen LogP contribution in [0.25, 0.3) is 0 Å². The maximum Gasteiger partial charge on any atom is 0.123 e. The van der Waals surface area contributed by atoms with E-state index in [4.69, 9.17) is 4.74 Å². The molecule has 2 fully saturated rings. The Hall–Kier alpha value is -1.13. The number of hydrogen-bond donors (Lipinski definition) is 0. The SMILES string of the molecule is CCOC1CCN(C2CCN(c3ccc(F)cc3)C2)CC1. The number of ether oxygens (including phenoxy) is 1. The van der Waals surface area contributed by atoms with Gasteiger partial charge in [0.25, 0.3) is 0 Å². The van der Waals surface area contributed by atoms with Crippen LogP contribution in [0.15, 0.2) is 24.3 Å². The van der Waals surface area contributed by atoms with E-state index in [2.05, 4.69) is 16.7 Å². The molecule has 2 saturated heterocycles. The first-order chi connectivity index (χ1) is 10.3. The zero-order chi connectivity index (χ0) is 14.7. The number of hydrogen-bond acceptors (Lipinski definition) is 3. The molecule has 3 nitrogen and oxygen atoms in total. The van der Waals surface area contributed by atoms with Crippen molar-refractivity contribution in [2.24, 2.45) is 0 Å². The first-order valence-corrected chi connectivity index (χ1v) is 8.12. The van der Waals surface area contributed by atoms with E-state index in [1.165, 1.54) is 6.42 Å². The van der Waals surface area contributed by atoms with Gasteiger partial charge in [-0.15, -0.1) is 0 Å². The molecular formula is C17H25FN2O. The number of benzene rings is 1. The molecule has 2 aliphatic heterocycles. The molecule has 21 heavy (non-hydrogen) atoms. The topological polar surface area (TPSA) is 15.7 Å². The van der Waals surface area contributed by atoms with Crippen molar-refractivity contribution in [3.63, 3.8) is 0 Å². The molecule has 116 valence electrons. The number of halogens is 1. The molecule has 1 aromatic carbocycles. The van der Waals surface area contributed by atoms with Crippen LogP contribution in [0, 0.1) is 5.82 Å². The van der Waals surface area contributed by atoms with E-state index in [1.54, 1.807) is 12.1 Å². The van der Waals surface area contributed by atoms with Gasteiger partial charge in [-0.3, -0.25) is 4.90 Å². The van der Waals surface area contributed by atoms with Crippen LogP contribution in [0.2, 0.25) is 0 Å². The van der Waals surface area contributed by atoms with Gasteiger partial charge in [0, 0.05) is 44.5 Å². The summed E-state index contributed by atoms with van der Waals surface area (Å²) in [6, 6.07) is 7.52. The normalized spacial score (nSPS) is 24.7. The molecule has 0 N–H and O–H groups in total. The van der Waals surface area contributed by atoms with Crippen LogP contribution in [-0.4, -0.2) is 49.8 Å². The highest BCUT2D eigenvalue weighted by molar-refractivity contribution is 5.47. The fourth-order valence-electron chi connectivity index (χ4n) is 3.57. The quantitative estimate of drug-likeness (QED) is 0.848. The van der Waals surface area contributed by atoms with Crippen LogP contribution in [0.1, 0.15) is 26.2 Å². The number of likely N-dealkylation sites (tertiary alicyclic amines) is 1. The van der Waals surface area contributed by atoms with Crippen molar-refractivity contribution in [2.75, 3.05) is 37.7 Å². The Labute approximate surface area is 126 Å². The lowest BCUT2D eigenvalue weighted by atomic mass is 10.1. The van der Waals surface area contributed by atoms with Gasteiger partial charge in [0.15, 0.2) is 0 Å². The molecule has 1 atom stereocenters. The minimum Gasteiger partial charge on any atom is -0.378 e. The number of anilines is 1. The lowest BCUT2D eigenvalue weighted by molar-refractivity contribution is 0.00615. The van der Waals surface area contributed by atoms with Crippen molar-refractivity contribution >= 4 is 5.69 Å². The summed E-state index contributed by atoms with van der Waals surface area (Å²) in [5.41, 5.74) is 1.14. The van der Waals surface area contributed by atoms with Gasteiger partial charge in [-0.2, -0.15) is 0 Å². The number of rotatable bonds is 4. The predicted molar refractivity (Wildman–Crippen MR) is 83.2 cm³/mol. The Balaban J connectivity index is 1.52. The molecule has 4 heteroatoms. The van der Waals surface area contributed by atoms with Gasteiger partial charge in [0.2, 0.25) is 0 Å². The molecule has 1 aromatic rings. The van der Waals surface area contributed by atoms with E-state index >= 15 is 0 Å². The lowest BCUT2D eigenvalue weighted by Gasteiger charge is -2.35. The van der Waals surface area contributed by atoms with Gasteiger partial charge >= 0.3 is 0 Å². The van der Waals surface area contributed by atoms with Crippen LogP contribution in [0.3, 0.4) is 0 Å². The Kier molecular flexibility index (Phi) is 4.76. The number of piperidine rings is 1. The van der Waals surface area contributed by atoms with E-state index in [0.29, 0.717) is 12.1 Å². The van der Waals surface area contributed by atoms with E-state index in [-0.39, 0.29) is 5.82 Å². The summed E-state index contributed by atoms with van der Waals surface area (Å²) in [5.74, 6) is -0.160. The first kappa shape index (κ1) is 14.8. The van der Waals surface area contributed by atoms with Crippen molar-refractivity contribution in [3.05, 3.63) is 30.1 Å². The second-order valence-electron chi connectivity index (χ2n) is 6.06. The van der Waals surface area contributed by atoms with Crippen molar-refractivity contribution in [3.8, 4) is 0 Å². The highest BCUT2D eigenvalue weighted by Crippen LogP contribution is 2.25. The summed E-state index contributed by atoms with van der Waals surface area (Å²) in [6.45, 7) is 7.32. The number of nitrogens with zero attached hydrogens (tertiary/aromatic N) is 2. The summed E-state index contributed by atoms with van der Waals surface area (Å²) < 4.78 is 18.7. The molecule has 0 radical (unpaired) electrons. The Morgan fingerprint density at radius 2 is 1.81 bits per heavy atom. The molecule has 0 aliphatic carbocycles. The van der Waals surface area contributed by atoms with Crippen LogP contribution < -0.4 is 4.90 Å². The van der Waals surface area contributed by atoms with Crippen LogP contribution in [0.5, 0.6) is 0 Å². The summed E-state index contributed by atoms with van der Waals surface area (Å²) in [6.07, 6.45) is 3.97. The van der Waals surface area contributed by atoms with E-state index in [0.717, 1.165) is 51.3 Å². The molecule has 0 bridgehead atoms. The zero-order valence-corrected chi connectivity index (χ0v) is 12.8. The second kappa shape index (κ2) is 6.75. The van der Waals surface area contributed by atoms with Crippen molar-refractivity contribution in [2.45, 2.75) is 38.3 Å². The van der Waals surface area contributed by atoms with Crippen molar-refractivity contribution < 1.29 is 9.13 Å². The Bertz CT molecular complexity index is 443. The van der Waals surface area contributed by atoms with Gasteiger partial charge in [-0.25, -0.2) is 4.39 Å². The van der Waals surface area contributed by atoms with Crippen LogP contribution in [-0.2, 0) is 4.74 Å². The monoisotopic (exact) mass is 292 g/mol. The van der Waals surface area contributed by atoms with Gasteiger partial charge in [0.05, 0.1) is 6.10 Å². The molecule has 2 aliphatic rings. The average Bonchev–Trinajstić information content (AvgIpc) is 2.99. The van der Waals surface area contributed by atoms with Gasteiger partial charge in [-0.05, 0) is 50.5 Å². The van der Waals surface area contributed by atoms with Crippen molar-refractivity contribution in [1.82, 2.24) is 4.90 Å². The molecule has 0 aromatic heterocycles. The highest BCUT2D eigenvalue weighted by atomic mass is 19.1. The fraction of sp³-hybridized carbons (Fsp3) is 0.647. The third-order valence-electron chi connectivity index (χ3n) is 4.75. The molecule has 1 unspecified atom stereocenters. The summed E-state index contributed by atoms with van der Waals surface area (Å²) in [7, 11) is 0. The first-order valence-electron chi connectivity index (χ1n) is 8.12. The maximum absolute atomic E-state index is 13.0. The van der Waals surface area contributed by atoms with Crippen molar-refractivity contribution in [1.29, 1.82) is 0 Å². The van der Waals surface area contributed by atoms with Crippen LogP contribution >= 0.6 is 0 Å². The highest BCUT2D eigenvalue weighted by Gasteiger charge is 2.30. The van der Waals surface area contributed by atoms with Gasteiger partial charge in [-0.1, -0.05) is 0 Å². The van der Waals surface area contributed by atoms with Crippen LogP contribution in [0.4, 0.5) is 10.1 Å². The van der Waals surface area contributed by atoms with E-state index in [1.807, 2.05) is 12.1 Å². The predicted octanol–water partition coefficient (Wildman–Crippen LogP) is 2.91. The second-order valence-corrected chi connectivity index (χ2v) is 6.06. The maximum atomic E-state index is 13.0. The third kappa shape index (κ3) is 3.55. The minimum absolute atomic E-state index is 0.160. The molecule has 0 amide bonds. The van der Waals surface area contributed by atoms with Gasteiger partial charge in [0.1, 0.15) is 5.82 Å². The largest absolute Gasteiger partial charge is 0.378 e. The third-order valence-corrected chi connectivity index (χ3v) is 4.75. The summed E-state index contributed by atoms with van der Waals surface area (Å²) in [4.78, 5) is 4.98. The Morgan fingerprint density at radius 3 is 2.48 bits per heavy atom. The summed E-state index contributed by atoms with van der Waals surface area (Å²) in [5, 5.41) is 0. The van der Waals surface area contributed by atoms with E-state index in [9.17, 15) is 4.39 Å². The fourth-order valence-corrected chi connectivity index (χ4v) is 3.57. The van der Waals surface area contributed by atoms with E-state index < -0.39 is 0 Å². The molecule has 2 heterocycles. The molecule has 0 saturated carbocycles. The van der Waals surface area contributed by atoms with Gasteiger partial charge < -0.3 is 9.64 Å². The smallest absolute Gasteiger partial charge is 0.123 e. The zero-order valence-electron chi connectivity index (χ0n) is 12.8. The lowest BCUT2D eigenvalue weighted by Crippen LogP contribution is -2.44.